The van der Waals surface area contributed by atoms with Crippen LogP contribution in [-0.2, 0) is 12.8 Å². The molecule has 1 aliphatic rings. The summed E-state index contributed by atoms with van der Waals surface area (Å²) in [6.45, 7) is 19.4. The molecule has 0 aliphatic heterocycles. The molecular weight excluding hydrogens is 348 g/mol. The van der Waals surface area contributed by atoms with E-state index in [1.165, 1.54) is 33.4 Å². The Morgan fingerprint density at radius 1 is 0.897 bits per heavy atom. The van der Waals surface area contributed by atoms with Crippen LogP contribution in [0.15, 0.2) is 84.0 Å². The van der Waals surface area contributed by atoms with Gasteiger partial charge in [0, 0.05) is 5.92 Å². The van der Waals surface area contributed by atoms with Gasteiger partial charge in [-0.3, -0.25) is 0 Å². The minimum Gasteiger partial charge on any atom is -0.0958 e. The minimum absolute atomic E-state index is 0.152. The standard InChI is InChI=1S/C27H32.C2H6/c1-19(2)11-16-25(20(3)4)26(22-14-12-21(5)13-15-22)27(6)17-23-9-7-8-10-24(23)18-27;1-2/h7-16,26H,3,17-18H2,1-2,4-6H3;1-2H3/b25-16+;. The molecule has 0 saturated heterocycles. The summed E-state index contributed by atoms with van der Waals surface area (Å²) in [5.74, 6) is 0.332. The molecule has 0 amide bonds. The van der Waals surface area contributed by atoms with E-state index in [0.717, 1.165) is 18.4 Å². The molecule has 0 heterocycles. The molecule has 0 aromatic heterocycles. The van der Waals surface area contributed by atoms with Gasteiger partial charge in [0.1, 0.15) is 0 Å². The van der Waals surface area contributed by atoms with E-state index in [0.29, 0.717) is 5.92 Å². The molecule has 1 atom stereocenters. The highest BCUT2D eigenvalue weighted by Crippen LogP contribution is 2.51. The smallest absolute Gasteiger partial charge is 0.0152 e. The van der Waals surface area contributed by atoms with Crippen molar-refractivity contribution in [3.05, 3.63) is 106 Å². The normalized spacial score (nSPS) is 15.6. The monoisotopic (exact) mass is 386 g/mol. The lowest BCUT2D eigenvalue weighted by Crippen LogP contribution is -2.28. The van der Waals surface area contributed by atoms with Gasteiger partial charge < -0.3 is 0 Å². The highest BCUT2D eigenvalue weighted by atomic mass is 14.4. The molecule has 0 radical (unpaired) electrons. The quantitative estimate of drug-likeness (QED) is 0.453. The second-order valence-electron chi connectivity index (χ2n) is 8.77. The zero-order valence-electron chi connectivity index (χ0n) is 19.5. The van der Waals surface area contributed by atoms with E-state index in [1.807, 2.05) is 13.8 Å². The Labute approximate surface area is 179 Å². The fraction of sp³-hybridized carbons (Fsp3) is 0.379. The first-order chi connectivity index (χ1) is 13.8. The van der Waals surface area contributed by atoms with Crippen LogP contribution in [-0.4, -0.2) is 0 Å². The maximum atomic E-state index is 4.35. The third kappa shape index (κ3) is 5.38. The van der Waals surface area contributed by atoms with Gasteiger partial charge in [-0.05, 0) is 68.2 Å². The fourth-order valence-electron chi connectivity index (χ4n) is 4.50. The molecule has 0 spiro atoms. The average Bonchev–Trinajstić information content (AvgIpc) is 3.04. The van der Waals surface area contributed by atoms with Crippen molar-refractivity contribution in [2.45, 2.75) is 67.2 Å². The first kappa shape index (κ1) is 22.9. The lowest BCUT2D eigenvalue weighted by Gasteiger charge is -2.37. The van der Waals surface area contributed by atoms with Gasteiger partial charge in [-0.1, -0.05) is 105 Å². The molecule has 0 N–H and O–H groups in total. The van der Waals surface area contributed by atoms with Gasteiger partial charge in [0.05, 0.1) is 0 Å². The second-order valence-corrected chi connectivity index (χ2v) is 8.77. The van der Waals surface area contributed by atoms with Crippen molar-refractivity contribution in [3.8, 4) is 0 Å². The minimum atomic E-state index is 0.152. The lowest BCUT2D eigenvalue weighted by atomic mass is 9.66. The van der Waals surface area contributed by atoms with Crippen LogP contribution in [0.4, 0.5) is 0 Å². The third-order valence-corrected chi connectivity index (χ3v) is 5.81. The average molecular weight is 387 g/mol. The van der Waals surface area contributed by atoms with Crippen molar-refractivity contribution < 1.29 is 0 Å². The van der Waals surface area contributed by atoms with Gasteiger partial charge >= 0.3 is 0 Å². The Bertz CT molecular complexity index is 861. The van der Waals surface area contributed by atoms with E-state index in [-0.39, 0.29) is 5.41 Å². The summed E-state index contributed by atoms with van der Waals surface area (Å²) < 4.78 is 0. The highest BCUT2D eigenvalue weighted by molar-refractivity contribution is 5.47. The highest BCUT2D eigenvalue weighted by Gasteiger charge is 2.42. The van der Waals surface area contributed by atoms with E-state index in [2.05, 4.69) is 102 Å². The topological polar surface area (TPSA) is 0 Å². The number of allylic oxidation sites excluding steroid dienone is 5. The molecule has 3 rings (SSSR count). The van der Waals surface area contributed by atoms with E-state index < -0.39 is 0 Å². The van der Waals surface area contributed by atoms with Crippen molar-refractivity contribution in [1.82, 2.24) is 0 Å². The Kier molecular flexibility index (Phi) is 7.85. The van der Waals surface area contributed by atoms with Gasteiger partial charge in [0.25, 0.3) is 0 Å². The Hall–Kier alpha value is -2.34. The van der Waals surface area contributed by atoms with Crippen LogP contribution in [0.25, 0.3) is 0 Å². The lowest BCUT2D eigenvalue weighted by molar-refractivity contribution is 0.297. The van der Waals surface area contributed by atoms with Crippen molar-refractivity contribution >= 4 is 0 Å². The van der Waals surface area contributed by atoms with Gasteiger partial charge in [0.15, 0.2) is 0 Å². The van der Waals surface area contributed by atoms with Crippen LogP contribution in [0, 0.1) is 12.3 Å². The third-order valence-electron chi connectivity index (χ3n) is 5.81. The van der Waals surface area contributed by atoms with Crippen LogP contribution in [0.2, 0.25) is 0 Å². The molecule has 2 aromatic carbocycles. The van der Waals surface area contributed by atoms with E-state index >= 15 is 0 Å². The van der Waals surface area contributed by atoms with Gasteiger partial charge in [0.2, 0.25) is 0 Å². The molecule has 0 saturated carbocycles. The number of hydrogen-bond donors (Lipinski definition) is 0. The molecule has 0 fully saturated rings. The maximum Gasteiger partial charge on any atom is 0.0152 e. The summed E-state index contributed by atoms with van der Waals surface area (Å²) in [5, 5.41) is 0. The summed E-state index contributed by atoms with van der Waals surface area (Å²) >= 11 is 0. The van der Waals surface area contributed by atoms with Crippen LogP contribution < -0.4 is 0 Å². The maximum absolute atomic E-state index is 4.35. The van der Waals surface area contributed by atoms with Gasteiger partial charge in [-0.2, -0.15) is 0 Å². The van der Waals surface area contributed by atoms with Crippen molar-refractivity contribution in [1.29, 1.82) is 0 Å². The van der Waals surface area contributed by atoms with Crippen LogP contribution in [0.1, 0.15) is 69.7 Å². The molecule has 1 aliphatic carbocycles. The number of fused-ring (bicyclic) bond motifs is 1. The van der Waals surface area contributed by atoms with Crippen molar-refractivity contribution in [2.75, 3.05) is 0 Å². The summed E-state index contributed by atoms with van der Waals surface area (Å²) in [6, 6.07) is 18.0. The summed E-state index contributed by atoms with van der Waals surface area (Å²) in [5.41, 5.74) is 9.69. The summed E-state index contributed by atoms with van der Waals surface area (Å²) in [4.78, 5) is 0. The van der Waals surface area contributed by atoms with Gasteiger partial charge in [-0.15, -0.1) is 0 Å². The molecule has 0 heteroatoms. The first-order valence-electron chi connectivity index (χ1n) is 10.9. The number of benzene rings is 2. The Morgan fingerprint density at radius 2 is 1.41 bits per heavy atom. The van der Waals surface area contributed by atoms with Crippen LogP contribution in [0.3, 0.4) is 0 Å². The molecule has 154 valence electrons. The first-order valence-corrected chi connectivity index (χ1v) is 10.9. The number of rotatable bonds is 5. The van der Waals surface area contributed by atoms with E-state index in [1.54, 1.807) is 0 Å². The number of aryl methyl sites for hydroxylation is 1. The molecule has 1 unspecified atom stereocenters. The van der Waals surface area contributed by atoms with Crippen LogP contribution in [0.5, 0.6) is 0 Å². The predicted octanol–water partition coefficient (Wildman–Crippen LogP) is 8.38. The van der Waals surface area contributed by atoms with Gasteiger partial charge in [-0.25, -0.2) is 0 Å². The second kappa shape index (κ2) is 9.92. The number of hydrogen-bond acceptors (Lipinski definition) is 0. The SMILES string of the molecule is C=C(C)/C(=C\C=C(C)C)C(c1ccc(C)cc1)C1(C)Cc2ccccc2C1.CC. The Balaban J connectivity index is 0.00000145. The predicted molar refractivity (Wildman–Crippen MR) is 130 cm³/mol. The van der Waals surface area contributed by atoms with Crippen LogP contribution >= 0.6 is 0 Å². The molecule has 0 nitrogen and oxygen atoms in total. The fourth-order valence-corrected chi connectivity index (χ4v) is 4.50. The summed E-state index contributed by atoms with van der Waals surface area (Å²) in [7, 11) is 0. The summed E-state index contributed by atoms with van der Waals surface area (Å²) in [6.07, 6.45) is 6.76. The molecule has 29 heavy (non-hydrogen) atoms. The molecule has 2 aromatic rings. The van der Waals surface area contributed by atoms with E-state index in [9.17, 15) is 0 Å². The molecular formula is C29H38. The zero-order chi connectivity index (χ0) is 21.6. The largest absolute Gasteiger partial charge is 0.0958 e. The Morgan fingerprint density at radius 3 is 1.86 bits per heavy atom. The van der Waals surface area contributed by atoms with E-state index in [4.69, 9.17) is 0 Å². The zero-order valence-corrected chi connectivity index (χ0v) is 19.5. The van der Waals surface area contributed by atoms with Crippen molar-refractivity contribution in [2.24, 2.45) is 5.41 Å². The van der Waals surface area contributed by atoms with Crippen molar-refractivity contribution in [3.63, 3.8) is 0 Å². The molecule has 0 bridgehead atoms.